The van der Waals surface area contributed by atoms with Crippen molar-refractivity contribution in [3.8, 4) is 0 Å². The van der Waals surface area contributed by atoms with Gasteiger partial charge in [-0.2, -0.15) is 0 Å². The molecule has 1 aliphatic rings. The summed E-state index contributed by atoms with van der Waals surface area (Å²) in [6.45, 7) is 2.22. The third-order valence-electron chi connectivity index (χ3n) is 4.53. The first-order valence-corrected chi connectivity index (χ1v) is 10.8. The van der Waals surface area contributed by atoms with Gasteiger partial charge in [0.05, 0.1) is 26.6 Å². The molecule has 9 heteroatoms. The summed E-state index contributed by atoms with van der Waals surface area (Å²) in [5, 5.41) is 15.1. The monoisotopic (exact) mass is 433 g/mol. The zero-order valence-corrected chi connectivity index (χ0v) is 17.2. The number of ketones is 1. The minimum atomic E-state index is -1.54. The maximum Gasteiger partial charge on any atom is 0.257 e. The number of fused-ring (bicyclic) bond motifs is 1. The molecular weight excluding hydrogens is 418 g/mol. The highest BCUT2D eigenvalue weighted by molar-refractivity contribution is 8.00. The molecule has 0 bridgehead atoms. The molecule has 3 aromatic rings. The number of nitrogens with one attached hydrogen (secondary N) is 1. The standard InChI is InChI=1S/C19H16ClN3O3S2/c1-10-22-12-4-2-3-11(20)16(12)17(23-10)27-9-13(24)14-5-6-15(28-14)19(26)7-8-21-18(19)25/h2-6,26H,7-9H2,1H3,(H,21,25)/t19-/m0/s1. The number of aliphatic hydroxyl groups is 1. The van der Waals surface area contributed by atoms with Crippen LogP contribution < -0.4 is 5.32 Å². The van der Waals surface area contributed by atoms with Crippen molar-refractivity contribution >= 4 is 57.3 Å². The SMILES string of the molecule is Cc1nc(SCC(=O)c2ccc([C@@]3(O)CCNC3=O)s2)c2c(Cl)cccc2n1. The number of thioether (sulfide) groups is 1. The lowest BCUT2D eigenvalue weighted by Gasteiger charge is -2.16. The molecule has 1 atom stereocenters. The fourth-order valence-corrected chi connectivity index (χ4v) is 5.54. The van der Waals surface area contributed by atoms with E-state index in [9.17, 15) is 14.7 Å². The van der Waals surface area contributed by atoms with Crippen molar-refractivity contribution in [2.45, 2.75) is 24.0 Å². The number of rotatable bonds is 5. The molecule has 0 spiro atoms. The van der Waals surface area contributed by atoms with Crippen LogP contribution in [-0.4, -0.2) is 39.1 Å². The highest BCUT2D eigenvalue weighted by Gasteiger charge is 2.43. The summed E-state index contributed by atoms with van der Waals surface area (Å²) in [5.41, 5.74) is -0.799. The Hall–Kier alpha value is -2.00. The first-order chi connectivity index (χ1) is 13.4. The van der Waals surface area contributed by atoms with Gasteiger partial charge in [-0.3, -0.25) is 9.59 Å². The van der Waals surface area contributed by atoms with Crippen molar-refractivity contribution in [3.05, 3.63) is 50.9 Å². The summed E-state index contributed by atoms with van der Waals surface area (Å²) in [7, 11) is 0. The lowest BCUT2D eigenvalue weighted by atomic mass is 10.0. The maximum atomic E-state index is 12.7. The number of Topliss-reactive ketones (excluding diaryl/α,β-unsaturated/α-hetero) is 1. The zero-order valence-electron chi connectivity index (χ0n) is 14.9. The van der Waals surface area contributed by atoms with Crippen molar-refractivity contribution in [1.82, 2.24) is 15.3 Å². The lowest BCUT2D eigenvalue weighted by molar-refractivity contribution is -0.135. The van der Waals surface area contributed by atoms with Gasteiger partial charge >= 0.3 is 0 Å². The molecule has 1 saturated heterocycles. The molecule has 0 unspecified atom stereocenters. The van der Waals surface area contributed by atoms with Gasteiger partial charge in [-0.25, -0.2) is 9.97 Å². The number of halogens is 1. The maximum absolute atomic E-state index is 12.7. The normalized spacial score (nSPS) is 19.2. The number of hydrogen-bond donors (Lipinski definition) is 2. The van der Waals surface area contributed by atoms with Crippen molar-refractivity contribution in [2.24, 2.45) is 0 Å². The summed E-state index contributed by atoms with van der Waals surface area (Å²) in [4.78, 5) is 34.4. The Morgan fingerprint density at radius 2 is 2.18 bits per heavy atom. The molecule has 0 saturated carbocycles. The molecule has 2 N–H and O–H groups in total. The number of aromatic nitrogens is 2. The molecule has 4 rings (SSSR count). The summed E-state index contributed by atoms with van der Waals surface area (Å²) >= 11 is 8.77. The van der Waals surface area contributed by atoms with Crippen LogP contribution in [0.2, 0.25) is 5.02 Å². The van der Waals surface area contributed by atoms with Crippen LogP contribution in [0.1, 0.15) is 26.8 Å². The zero-order chi connectivity index (χ0) is 19.9. The molecule has 0 aliphatic carbocycles. The van der Waals surface area contributed by atoms with Gasteiger partial charge in [-0.1, -0.05) is 29.4 Å². The average Bonchev–Trinajstić information content (AvgIpc) is 3.28. The summed E-state index contributed by atoms with van der Waals surface area (Å²) in [6, 6.07) is 8.76. The Kier molecular flexibility index (Phi) is 5.13. The third-order valence-corrected chi connectivity index (χ3v) is 7.10. The molecule has 144 valence electrons. The minimum Gasteiger partial charge on any atom is -0.375 e. The predicted octanol–water partition coefficient (Wildman–Crippen LogP) is 3.34. The van der Waals surface area contributed by atoms with Crippen molar-refractivity contribution < 1.29 is 14.7 Å². The lowest BCUT2D eigenvalue weighted by Crippen LogP contribution is -2.34. The second-order valence-corrected chi connectivity index (χ2v) is 8.91. The molecule has 3 heterocycles. The summed E-state index contributed by atoms with van der Waals surface area (Å²) < 4.78 is 0. The molecule has 6 nitrogen and oxygen atoms in total. The van der Waals surface area contributed by atoms with E-state index in [1.807, 2.05) is 12.1 Å². The topological polar surface area (TPSA) is 92.2 Å². The smallest absolute Gasteiger partial charge is 0.257 e. The van der Waals surface area contributed by atoms with E-state index in [4.69, 9.17) is 11.6 Å². The number of thiophene rings is 1. The number of carbonyl (C=O) groups excluding carboxylic acids is 2. The predicted molar refractivity (Wildman–Crippen MR) is 110 cm³/mol. The van der Waals surface area contributed by atoms with E-state index in [-0.39, 0.29) is 11.5 Å². The largest absolute Gasteiger partial charge is 0.375 e. The fraction of sp³-hybridized carbons (Fsp3) is 0.263. The average molecular weight is 434 g/mol. The van der Waals surface area contributed by atoms with Crippen LogP contribution >= 0.6 is 34.7 Å². The van der Waals surface area contributed by atoms with Crippen LogP contribution in [0, 0.1) is 6.92 Å². The van der Waals surface area contributed by atoms with Crippen molar-refractivity contribution in [3.63, 3.8) is 0 Å². The van der Waals surface area contributed by atoms with E-state index in [2.05, 4.69) is 15.3 Å². The Bertz CT molecular complexity index is 1100. The van der Waals surface area contributed by atoms with Crippen LogP contribution in [0.4, 0.5) is 0 Å². The highest BCUT2D eigenvalue weighted by atomic mass is 35.5. The van der Waals surface area contributed by atoms with Crippen LogP contribution in [0.3, 0.4) is 0 Å². The van der Waals surface area contributed by atoms with Gasteiger partial charge in [0.2, 0.25) is 0 Å². The first-order valence-electron chi connectivity index (χ1n) is 8.58. The summed E-state index contributed by atoms with van der Waals surface area (Å²) in [5.74, 6) is 0.263. The number of hydrogen-bond acceptors (Lipinski definition) is 7. The van der Waals surface area contributed by atoms with E-state index in [1.165, 1.54) is 11.8 Å². The van der Waals surface area contributed by atoms with Crippen molar-refractivity contribution in [2.75, 3.05) is 12.3 Å². The molecule has 1 aromatic carbocycles. The number of benzene rings is 1. The van der Waals surface area contributed by atoms with Gasteiger partial charge in [-0.05, 0) is 31.2 Å². The van der Waals surface area contributed by atoms with E-state index in [1.54, 1.807) is 25.1 Å². The number of carbonyl (C=O) groups is 2. The minimum absolute atomic E-state index is 0.0975. The summed E-state index contributed by atoms with van der Waals surface area (Å²) in [6.07, 6.45) is 0.305. The molecule has 28 heavy (non-hydrogen) atoms. The van der Waals surface area contributed by atoms with Gasteiger partial charge in [0.25, 0.3) is 5.91 Å². The third kappa shape index (κ3) is 3.41. The second-order valence-electron chi connectivity index (χ2n) is 6.45. The van der Waals surface area contributed by atoms with Crippen LogP contribution in [-0.2, 0) is 10.4 Å². The van der Waals surface area contributed by atoms with E-state index < -0.39 is 11.5 Å². The molecular formula is C19H16ClN3O3S2. The Balaban J connectivity index is 1.55. The highest BCUT2D eigenvalue weighted by Crippen LogP contribution is 2.35. The van der Waals surface area contributed by atoms with Gasteiger partial charge in [0.1, 0.15) is 10.9 Å². The van der Waals surface area contributed by atoms with Gasteiger partial charge in [-0.15, -0.1) is 11.3 Å². The van der Waals surface area contributed by atoms with Crippen LogP contribution in [0.15, 0.2) is 35.4 Å². The number of aryl methyl sites for hydroxylation is 1. The Morgan fingerprint density at radius 3 is 2.93 bits per heavy atom. The van der Waals surface area contributed by atoms with Crippen LogP contribution in [0.25, 0.3) is 10.9 Å². The molecule has 1 amide bonds. The second kappa shape index (κ2) is 7.44. The first kappa shape index (κ1) is 19.3. The van der Waals surface area contributed by atoms with Gasteiger partial charge < -0.3 is 10.4 Å². The van der Waals surface area contributed by atoms with E-state index >= 15 is 0 Å². The quantitative estimate of drug-likeness (QED) is 0.364. The van der Waals surface area contributed by atoms with E-state index in [0.29, 0.717) is 38.6 Å². The Labute approximate surface area is 174 Å². The fourth-order valence-electron chi connectivity index (χ4n) is 3.09. The van der Waals surface area contributed by atoms with Crippen LogP contribution in [0.5, 0.6) is 0 Å². The van der Waals surface area contributed by atoms with Gasteiger partial charge in [0, 0.05) is 17.8 Å². The number of nitrogens with zero attached hydrogens (tertiary/aromatic N) is 2. The Morgan fingerprint density at radius 1 is 1.36 bits per heavy atom. The molecule has 1 aliphatic heterocycles. The van der Waals surface area contributed by atoms with Crippen molar-refractivity contribution in [1.29, 1.82) is 0 Å². The molecule has 1 fully saturated rings. The van der Waals surface area contributed by atoms with E-state index in [0.717, 1.165) is 22.2 Å². The number of amides is 1. The molecule has 2 aromatic heterocycles. The molecule has 0 radical (unpaired) electrons. The van der Waals surface area contributed by atoms with Gasteiger partial charge in [0.15, 0.2) is 11.4 Å².